The third kappa shape index (κ3) is 2.94. The largest absolute Gasteiger partial charge is 0.507 e. The highest BCUT2D eigenvalue weighted by atomic mass is 32.2. The zero-order chi connectivity index (χ0) is 13.9. The fraction of sp³-hybridized carbons (Fsp3) is 0.250. The van der Waals surface area contributed by atoms with Crippen LogP contribution in [0.3, 0.4) is 0 Å². The predicted molar refractivity (Wildman–Crippen MR) is 70.0 cm³/mol. The molecule has 0 saturated carbocycles. The molecule has 102 valence electrons. The second kappa shape index (κ2) is 5.41. The minimum atomic E-state index is -3.79. The third-order valence-corrected chi connectivity index (χ3v) is 4.23. The number of hydrogen-bond acceptors (Lipinski definition) is 4. The first-order valence-electron chi connectivity index (χ1n) is 5.84. The monoisotopic (exact) mass is 281 g/mol. The average Bonchev–Trinajstić information content (AvgIpc) is 2.90. The molecule has 3 N–H and O–H groups in total. The SMILES string of the molecule is CCC(NS(=O)(=O)c1ccccc1O)c1ncc[nH]1. The van der Waals surface area contributed by atoms with Crippen molar-refractivity contribution in [3.05, 3.63) is 42.5 Å². The van der Waals surface area contributed by atoms with Crippen molar-refractivity contribution in [2.24, 2.45) is 0 Å². The Morgan fingerprint density at radius 3 is 2.74 bits per heavy atom. The van der Waals surface area contributed by atoms with Gasteiger partial charge in [-0.1, -0.05) is 19.1 Å². The Bertz CT molecular complexity index is 638. The van der Waals surface area contributed by atoms with Gasteiger partial charge in [-0.15, -0.1) is 0 Å². The van der Waals surface area contributed by atoms with E-state index in [0.717, 1.165) is 0 Å². The van der Waals surface area contributed by atoms with Crippen molar-refractivity contribution < 1.29 is 13.5 Å². The molecule has 0 aliphatic carbocycles. The Balaban J connectivity index is 2.29. The normalized spacial score (nSPS) is 13.3. The first-order chi connectivity index (χ1) is 9.04. The van der Waals surface area contributed by atoms with E-state index >= 15 is 0 Å². The fourth-order valence-corrected chi connectivity index (χ4v) is 3.12. The summed E-state index contributed by atoms with van der Waals surface area (Å²) in [5.74, 6) is 0.269. The molecular formula is C12H15N3O3S. The van der Waals surface area contributed by atoms with Crippen LogP contribution in [0.25, 0.3) is 0 Å². The maximum absolute atomic E-state index is 12.2. The van der Waals surface area contributed by atoms with E-state index in [4.69, 9.17) is 0 Å². The Kier molecular flexibility index (Phi) is 3.87. The number of nitrogens with zero attached hydrogens (tertiary/aromatic N) is 1. The van der Waals surface area contributed by atoms with Gasteiger partial charge in [0, 0.05) is 12.4 Å². The summed E-state index contributed by atoms with van der Waals surface area (Å²) in [5.41, 5.74) is 0. The summed E-state index contributed by atoms with van der Waals surface area (Å²) in [6, 6.07) is 5.36. The minimum absolute atomic E-state index is 0.139. The molecule has 2 aromatic rings. The molecule has 1 atom stereocenters. The van der Waals surface area contributed by atoms with E-state index in [1.165, 1.54) is 12.1 Å². The summed E-state index contributed by atoms with van der Waals surface area (Å²) in [7, 11) is -3.79. The standard InChI is InChI=1S/C12H15N3O3S/c1-2-9(12-13-7-8-14-12)15-19(17,18)11-6-4-3-5-10(11)16/h3-9,15-16H,2H2,1H3,(H,13,14). The number of rotatable bonds is 5. The Hall–Kier alpha value is -1.86. The predicted octanol–water partition coefficient (Wildman–Crippen LogP) is 1.54. The minimum Gasteiger partial charge on any atom is -0.507 e. The quantitative estimate of drug-likeness (QED) is 0.774. The number of phenolic OH excluding ortho intramolecular Hbond substituents is 1. The van der Waals surface area contributed by atoms with Crippen LogP contribution >= 0.6 is 0 Å². The second-order valence-electron chi connectivity index (χ2n) is 4.02. The highest BCUT2D eigenvalue weighted by molar-refractivity contribution is 7.89. The average molecular weight is 281 g/mol. The lowest BCUT2D eigenvalue weighted by Gasteiger charge is -2.15. The van der Waals surface area contributed by atoms with Crippen LogP contribution in [0.4, 0.5) is 0 Å². The zero-order valence-corrected chi connectivity index (χ0v) is 11.2. The van der Waals surface area contributed by atoms with Gasteiger partial charge in [0.2, 0.25) is 10.0 Å². The van der Waals surface area contributed by atoms with Gasteiger partial charge in [-0.05, 0) is 18.6 Å². The maximum Gasteiger partial charge on any atom is 0.244 e. The molecule has 1 unspecified atom stereocenters. The van der Waals surface area contributed by atoms with Crippen molar-refractivity contribution in [1.82, 2.24) is 14.7 Å². The van der Waals surface area contributed by atoms with Gasteiger partial charge < -0.3 is 10.1 Å². The van der Waals surface area contributed by atoms with E-state index < -0.39 is 16.1 Å². The molecule has 1 heterocycles. The molecule has 0 fully saturated rings. The van der Waals surface area contributed by atoms with E-state index in [0.29, 0.717) is 12.2 Å². The molecule has 0 aliphatic rings. The van der Waals surface area contributed by atoms with Gasteiger partial charge >= 0.3 is 0 Å². The number of para-hydroxylation sites is 1. The number of aromatic amines is 1. The summed E-state index contributed by atoms with van der Waals surface area (Å²) in [4.78, 5) is 6.78. The molecule has 0 amide bonds. The van der Waals surface area contributed by atoms with Crippen molar-refractivity contribution in [2.75, 3.05) is 0 Å². The Morgan fingerprint density at radius 1 is 1.42 bits per heavy atom. The number of phenols is 1. The van der Waals surface area contributed by atoms with E-state index in [1.54, 1.807) is 24.5 Å². The Labute approximate surface area is 111 Å². The number of sulfonamides is 1. The number of aromatic hydroxyl groups is 1. The number of benzene rings is 1. The van der Waals surface area contributed by atoms with Crippen molar-refractivity contribution in [2.45, 2.75) is 24.3 Å². The highest BCUT2D eigenvalue weighted by Crippen LogP contribution is 2.23. The van der Waals surface area contributed by atoms with Gasteiger partial charge in [-0.2, -0.15) is 0 Å². The molecule has 0 aliphatic heterocycles. The van der Waals surface area contributed by atoms with Crippen molar-refractivity contribution in [1.29, 1.82) is 0 Å². The van der Waals surface area contributed by atoms with Crippen LogP contribution in [-0.2, 0) is 10.0 Å². The fourth-order valence-electron chi connectivity index (χ4n) is 1.74. The van der Waals surface area contributed by atoms with Gasteiger partial charge in [-0.3, -0.25) is 0 Å². The molecule has 0 radical (unpaired) electrons. The van der Waals surface area contributed by atoms with Gasteiger partial charge in [0.1, 0.15) is 16.5 Å². The lowest BCUT2D eigenvalue weighted by Crippen LogP contribution is -2.29. The summed E-state index contributed by atoms with van der Waals surface area (Å²) < 4.78 is 26.9. The molecule has 0 spiro atoms. The maximum atomic E-state index is 12.2. The molecule has 1 aromatic heterocycles. The molecular weight excluding hydrogens is 266 g/mol. The van der Waals surface area contributed by atoms with Crippen molar-refractivity contribution in [3.63, 3.8) is 0 Å². The number of nitrogens with one attached hydrogen (secondary N) is 2. The number of H-pyrrole nitrogens is 1. The van der Waals surface area contributed by atoms with Crippen LogP contribution in [-0.4, -0.2) is 23.5 Å². The van der Waals surface area contributed by atoms with Crippen LogP contribution in [0, 0.1) is 0 Å². The van der Waals surface area contributed by atoms with Crippen molar-refractivity contribution >= 4 is 10.0 Å². The van der Waals surface area contributed by atoms with Crippen LogP contribution in [0.5, 0.6) is 5.75 Å². The van der Waals surface area contributed by atoms with Gasteiger partial charge in [0.05, 0.1) is 6.04 Å². The molecule has 2 rings (SSSR count). The van der Waals surface area contributed by atoms with Gasteiger partial charge in [0.15, 0.2) is 0 Å². The van der Waals surface area contributed by atoms with E-state index in [-0.39, 0.29) is 10.6 Å². The van der Waals surface area contributed by atoms with Crippen LogP contribution in [0.2, 0.25) is 0 Å². The second-order valence-corrected chi connectivity index (χ2v) is 5.71. The van der Waals surface area contributed by atoms with E-state index in [2.05, 4.69) is 14.7 Å². The van der Waals surface area contributed by atoms with Crippen LogP contribution < -0.4 is 4.72 Å². The van der Waals surface area contributed by atoms with Gasteiger partial charge in [0.25, 0.3) is 0 Å². The molecule has 0 bridgehead atoms. The van der Waals surface area contributed by atoms with E-state index in [9.17, 15) is 13.5 Å². The lowest BCUT2D eigenvalue weighted by atomic mass is 10.2. The van der Waals surface area contributed by atoms with E-state index in [1.807, 2.05) is 6.92 Å². The Morgan fingerprint density at radius 2 is 2.16 bits per heavy atom. The third-order valence-electron chi connectivity index (χ3n) is 2.71. The summed E-state index contributed by atoms with van der Waals surface area (Å²) in [6.07, 6.45) is 3.74. The molecule has 0 saturated heterocycles. The zero-order valence-electron chi connectivity index (χ0n) is 10.4. The van der Waals surface area contributed by atoms with Crippen LogP contribution in [0.15, 0.2) is 41.6 Å². The molecule has 19 heavy (non-hydrogen) atoms. The molecule has 1 aromatic carbocycles. The van der Waals surface area contributed by atoms with Gasteiger partial charge in [-0.25, -0.2) is 18.1 Å². The molecule has 7 heteroatoms. The number of aromatic nitrogens is 2. The van der Waals surface area contributed by atoms with Crippen molar-refractivity contribution in [3.8, 4) is 5.75 Å². The first kappa shape index (κ1) is 13.6. The lowest BCUT2D eigenvalue weighted by molar-refractivity contribution is 0.456. The summed E-state index contributed by atoms with van der Waals surface area (Å²) in [5, 5.41) is 9.62. The topological polar surface area (TPSA) is 95.1 Å². The highest BCUT2D eigenvalue weighted by Gasteiger charge is 2.23. The first-order valence-corrected chi connectivity index (χ1v) is 7.32. The summed E-state index contributed by atoms with van der Waals surface area (Å²) in [6.45, 7) is 1.85. The van der Waals surface area contributed by atoms with Crippen LogP contribution in [0.1, 0.15) is 25.2 Å². The number of hydrogen-bond donors (Lipinski definition) is 3. The summed E-state index contributed by atoms with van der Waals surface area (Å²) >= 11 is 0. The molecule has 6 nitrogen and oxygen atoms in total. The smallest absolute Gasteiger partial charge is 0.244 e. The number of imidazole rings is 1.